The van der Waals surface area contributed by atoms with Crippen molar-refractivity contribution < 1.29 is 17.9 Å². The van der Waals surface area contributed by atoms with Gasteiger partial charge in [0, 0.05) is 41.3 Å². The van der Waals surface area contributed by atoms with E-state index in [1.807, 2.05) is 73.8 Å². The minimum Gasteiger partial charge on any atom is -0.489 e. The maximum atomic E-state index is 13.9. The zero-order chi connectivity index (χ0) is 27.0. The molecule has 2 aromatic heterocycles. The van der Waals surface area contributed by atoms with Crippen molar-refractivity contribution in [1.29, 1.82) is 0 Å². The summed E-state index contributed by atoms with van der Waals surface area (Å²) >= 11 is 0. The Kier molecular flexibility index (Phi) is 6.31. The van der Waals surface area contributed by atoms with Gasteiger partial charge < -0.3 is 9.30 Å². The lowest BCUT2D eigenvalue weighted by atomic mass is 9.92. The van der Waals surface area contributed by atoms with Crippen LogP contribution >= 0.6 is 0 Å². The molecule has 6 heteroatoms. The summed E-state index contributed by atoms with van der Waals surface area (Å²) in [7, 11) is 2.00. The Balaban J connectivity index is 1.43. The standard InChI is InChI=1S/C33H25F3N2O/c1-38-20-25(27-13-5-6-16-30(27)38)21-39-26-12-7-11-23(18-26)31-24(17-22-9-3-2-4-10-22)19-37-32-28(31)14-8-15-29(32)33(34,35)36/h2-16,18-20H,17,21H2,1H3. The van der Waals surface area contributed by atoms with E-state index in [1.165, 1.54) is 6.07 Å². The molecular weight excluding hydrogens is 497 g/mol. The monoisotopic (exact) mass is 522 g/mol. The minimum atomic E-state index is -4.51. The van der Waals surface area contributed by atoms with Crippen LogP contribution in [0.5, 0.6) is 5.75 Å². The molecule has 4 aromatic carbocycles. The number of aromatic nitrogens is 2. The van der Waals surface area contributed by atoms with E-state index in [1.54, 1.807) is 12.3 Å². The predicted octanol–water partition coefficient (Wildman–Crippen LogP) is 8.58. The van der Waals surface area contributed by atoms with Gasteiger partial charge in [0.25, 0.3) is 0 Å². The van der Waals surface area contributed by atoms with Crippen LogP contribution in [0.1, 0.15) is 22.3 Å². The van der Waals surface area contributed by atoms with Gasteiger partial charge in [-0.3, -0.25) is 4.98 Å². The van der Waals surface area contributed by atoms with Gasteiger partial charge in [-0.1, -0.05) is 72.8 Å². The van der Waals surface area contributed by atoms with Crippen LogP contribution in [0, 0.1) is 0 Å². The molecule has 0 unspecified atom stereocenters. The molecule has 6 aromatic rings. The number of fused-ring (bicyclic) bond motifs is 2. The van der Waals surface area contributed by atoms with E-state index in [0.29, 0.717) is 24.2 Å². The van der Waals surface area contributed by atoms with Crippen molar-refractivity contribution in [2.24, 2.45) is 7.05 Å². The van der Waals surface area contributed by atoms with Gasteiger partial charge in [0.1, 0.15) is 12.4 Å². The van der Waals surface area contributed by atoms with Gasteiger partial charge in [-0.25, -0.2) is 0 Å². The maximum absolute atomic E-state index is 13.9. The number of para-hydroxylation sites is 2. The molecule has 0 atom stereocenters. The van der Waals surface area contributed by atoms with Gasteiger partial charge in [-0.05, 0) is 52.9 Å². The van der Waals surface area contributed by atoms with E-state index >= 15 is 0 Å². The van der Waals surface area contributed by atoms with E-state index in [2.05, 4.69) is 27.9 Å². The molecule has 0 radical (unpaired) electrons. The molecule has 3 nitrogen and oxygen atoms in total. The van der Waals surface area contributed by atoms with Crippen LogP contribution in [-0.4, -0.2) is 9.55 Å². The second kappa shape index (κ2) is 9.95. The van der Waals surface area contributed by atoms with Crippen molar-refractivity contribution in [3.63, 3.8) is 0 Å². The van der Waals surface area contributed by atoms with Gasteiger partial charge in [0.05, 0.1) is 11.1 Å². The van der Waals surface area contributed by atoms with Crippen LogP contribution in [0.3, 0.4) is 0 Å². The quantitative estimate of drug-likeness (QED) is 0.219. The molecular formula is C33H25F3N2O. The number of alkyl halides is 3. The van der Waals surface area contributed by atoms with Crippen molar-refractivity contribution in [2.75, 3.05) is 0 Å². The molecule has 0 saturated heterocycles. The summed E-state index contributed by atoms with van der Waals surface area (Å²) in [5.74, 6) is 0.642. The number of aryl methyl sites for hydroxylation is 1. The molecule has 0 saturated carbocycles. The molecule has 0 aliphatic heterocycles. The number of benzene rings is 4. The molecule has 0 aliphatic carbocycles. The first kappa shape index (κ1) is 24.7. The number of pyridine rings is 1. The highest BCUT2D eigenvalue weighted by Gasteiger charge is 2.33. The van der Waals surface area contributed by atoms with Gasteiger partial charge in [-0.15, -0.1) is 0 Å². The number of nitrogens with zero attached hydrogens (tertiary/aromatic N) is 2. The summed E-state index contributed by atoms with van der Waals surface area (Å²) in [6.07, 6.45) is -0.338. The Morgan fingerprint density at radius 3 is 2.36 bits per heavy atom. The molecule has 39 heavy (non-hydrogen) atoms. The average Bonchev–Trinajstić information content (AvgIpc) is 3.27. The van der Waals surface area contributed by atoms with E-state index in [0.717, 1.165) is 44.8 Å². The number of ether oxygens (including phenoxy) is 1. The van der Waals surface area contributed by atoms with Crippen molar-refractivity contribution >= 4 is 21.8 Å². The fourth-order valence-corrected chi connectivity index (χ4v) is 5.23. The van der Waals surface area contributed by atoms with Crippen molar-refractivity contribution in [2.45, 2.75) is 19.2 Å². The Morgan fingerprint density at radius 2 is 1.54 bits per heavy atom. The molecule has 0 fully saturated rings. The summed E-state index contributed by atoms with van der Waals surface area (Å²) in [4.78, 5) is 4.31. The highest BCUT2D eigenvalue weighted by Crippen LogP contribution is 2.39. The Morgan fingerprint density at radius 1 is 0.795 bits per heavy atom. The molecule has 194 valence electrons. The fourth-order valence-electron chi connectivity index (χ4n) is 5.23. The lowest BCUT2D eigenvalue weighted by Gasteiger charge is -2.17. The third kappa shape index (κ3) is 4.86. The second-order valence-corrected chi connectivity index (χ2v) is 9.62. The minimum absolute atomic E-state index is 0.0566. The summed E-state index contributed by atoms with van der Waals surface area (Å²) < 4.78 is 49.9. The number of hydrogen-bond acceptors (Lipinski definition) is 2. The highest BCUT2D eigenvalue weighted by molar-refractivity contribution is 5.98. The first-order valence-corrected chi connectivity index (χ1v) is 12.7. The number of halogens is 3. The van der Waals surface area contributed by atoms with Crippen LogP contribution in [0.4, 0.5) is 13.2 Å². The van der Waals surface area contributed by atoms with Crippen molar-refractivity contribution in [3.05, 3.63) is 132 Å². The molecule has 2 heterocycles. The molecule has 6 rings (SSSR count). The SMILES string of the molecule is Cn1cc(COc2cccc(-c3c(Cc4ccccc4)cnc4c(C(F)(F)F)cccc34)c2)c2ccccc21. The lowest BCUT2D eigenvalue weighted by Crippen LogP contribution is -2.07. The zero-order valence-electron chi connectivity index (χ0n) is 21.2. The molecule has 0 spiro atoms. The third-order valence-electron chi connectivity index (χ3n) is 7.02. The first-order chi connectivity index (χ1) is 18.9. The number of rotatable bonds is 6. The van der Waals surface area contributed by atoms with Crippen molar-refractivity contribution in [1.82, 2.24) is 9.55 Å². The summed E-state index contributed by atoms with van der Waals surface area (Å²) in [6, 6.07) is 29.8. The van der Waals surface area contributed by atoms with Crippen LogP contribution < -0.4 is 4.74 Å². The van der Waals surface area contributed by atoms with Crippen LogP contribution in [-0.2, 0) is 26.3 Å². The lowest BCUT2D eigenvalue weighted by molar-refractivity contribution is -0.136. The number of hydrogen-bond donors (Lipinski definition) is 0. The maximum Gasteiger partial charge on any atom is 0.418 e. The summed E-state index contributed by atoms with van der Waals surface area (Å²) in [5.41, 5.74) is 4.80. The van der Waals surface area contributed by atoms with Gasteiger partial charge in [0.2, 0.25) is 0 Å². The molecule has 0 N–H and O–H groups in total. The third-order valence-corrected chi connectivity index (χ3v) is 7.02. The van der Waals surface area contributed by atoms with E-state index in [9.17, 15) is 13.2 Å². The highest BCUT2D eigenvalue weighted by atomic mass is 19.4. The summed E-state index contributed by atoms with van der Waals surface area (Å²) in [6.45, 7) is 0.372. The van der Waals surface area contributed by atoms with E-state index in [-0.39, 0.29) is 5.52 Å². The van der Waals surface area contributed by atoms with Crippen LogP contribution in [0.25, 0.3) is 32.9 Å². The topological polar surface area (TPSA) is 27.1 Å². The smallest absolute Gasteiger partial charge is 0.418 e. The normalized spacial score (nSPS) is 11.8. The average molecular weight is 523 g/mol. The first-order valence-electron chi connectivity index (χ1n) is 12.7. The van der Waals surface area contributed by atoms with Crippen molar-refractivity contribution in [3.8, 4) is 16.9 Å². The second-order valence-electron chi connectivity index (χ2n) is 9.62. The van der Waals surface area contributed by atoms with E-state index in [4.69, 9.17) is 4.74 Å². The van der Waals surface area contributed by atoms with Gasteiger partial charge >= 0.3 is 6.18 Å². The predicted molar refractivity (Wildman–Crippen MR) is 149 cm³/mol. The Bertz CT molecular complexity index is 1790. The van der Waals surface area contributed by atoms with E-state index < -0.39 is 11.7 Å². The molecule has 0 amide bonds. The van der Waals surface area contributed by atoms with Crippen LogP contribution in [0.2, 0.25) is 0 Å². The Labute approximate surface area is 224 Å². The summed E-state index contributed by atoms with van der Waals surface area (Å²) in [5, 5.41) is 1.59. The van der Waals surface area contributed by atoms with Crippen LogP contribution in [0.15, 0.2) is 109 Å². The Hall–Kier alpha value is -4.58. The van der Waals surface area contributed by atoms with Gasteiger partial charge in [-0.2, -0.15) is 13.2 Å². The fraction of sp³-hybridized carbons (Fsp3) is 0.121. The largest absolute Gasteiger partial charge is 0.489 e. The molecule has 0 aliphatic rings. The molecule has 0 bridgehead atoms. The zero-order valence-corrected chi connectivity index (χ0v) is 21.2. The van der Waals surface area contributed by atoms with Gasteiger partial charge in [0.15, 0.2) is 0 Å².